The van der Waals surface area contributed by atoms with Gasteiger partial charge >= 0.3 is 0 Å². The zero-order valence-electron chi connectivity index (χ0n) is 18.4. The number of oxime groups is 1. The lowest BCUT2D eigenvalue weighted by atomic mass is 9.95. The van der Waals surface area contributed by atoms with E-state index in [1.165, 1.54) is 0 Å². The number of hydrogen-bond acceptors (Lipinski definition) is 6. The standard InChI is InChI=1S/C24H28N4O3/c1-15-11-13-26-22(16(15)2)28(19-6-5-12-25-14-19)23(30)18-9-7-17(8-10-18)20-21(29)24(3,4)31-27-20/h7-11,13,19,25H,5-6,12,14H2,1-4H3. The van der Waals surface area contributed by atoms with Crippen molar-refractivity contribution in [3.8, 4) is 0 Å². The fourth-order valence-corrected chi connectivity index (χ4v) is 3.97. The van der Waals surface area contributed by atoms with Crippen molar-refractivity contribution in [3.05, 3.63) is 58.8 Å². The number of anilines is 1. The minimum absolute atomic E-state index is 0.0314. The van der Waals surface area contributed by atoms with Gasteiger partial charge in [0.25, 0.3) is 5.91 Å². The Kier molecular flexibility index (Phi) is 5.62. The molecule has 2 aromatic rings. The molecule has 2 aliphatic rings. The maximum absolute atomic E-state index is 13.6. The minimum Gasteiger partial charge on any atom is -0.381 e. The van der Waals surface area contributed by atoms with Crippen molar-refractivity contribution >= 4 is 23.2 Å². The van der Waals surface area contributed by atoms with Crippen molar-refractivity contribution in [2.24, 2.45) is 5.16 Å². The molecule has 2 aliphatic heterocycles. The zero-order chi connectivity index (χ0) is 22.2. The van der Waals surface area contributed by atoms with E-state index < -0.39 is 5.60 Å². The van der Waals surface area contributed by atoms with Crippen molar-refractivity contribution in [2.75, 3.05) is 18.0 Å². The molecule has 0 spiro atoms. The largest absolute Gasteiger partial charge is 0.381 e. The van der Waals surface area contributed by atoms with Gasteiger partial charge in [0.2, 0.25) is 5.78 Å². The number of Topliss-reactive ketones (excluding diaryl/α,β-unsaturated/α-hetero) is 1. The normalized spacial score (nSPS) is 20.2. The van der Waals surface area contributed by atoms with Gasteiger partial charge in [0.15, 0.2) is 11.3 Å². The van der Waals surface area contributed by atoms with Crippen LogP contribution < -0.4 is 10.2 Å². The molecule has 162 valence electrons. The van der Waals surface area contributed by atoms with E-state index in [9.17, 15) is 9.59 Å². The predicted octanol–water partition coefficient (Wildman–Crippen LogP) is 3.18. The summed E-state index contributed by atoms with van der Waals surface area (Å²) >= 11 is 0. The number of pyridine rings is 1. The van der Waals surface area contributed by atoms with Gasteiger partial charge in [-0.2, -0.15) is 0 Å². The molecule has 0 bridgehead atoms. The maximum atomic E-state index is 13.6. The van der Waals surface area contributed by atoms with E-state index in [1.54, 1.807) is 44.3 Å². The lowest BCUT2D eigenvalue weighted by Crippen LogP contribution is -2.49. The maximum Gasteiger partial charge on any atom is 0.259 e. The van der Waals surface area contributed by atoms with Gasteiger partial charge in [-0.15, -0.1) is 0 Å². The van der Waals surface area contributed by atoms with Crippen molar-refractivity contribution in [2.45, 2.75) is 52.2 Å². The summed E-state index contributed by atoms with van der Waals surface area (Å²) in [7, 11) is 0. The highest BCUT2D eigenvalue weighted by molar-refractivity contribution is 6.49. The Labute approximate surface area is 182 Å². The number of nitrogens with one attached hydrogen (secondary N) is 1. The second-order valence-electron chi connectivity index (χ2n) is 8.70. The number of hydrogen-bond donors (Lipinski definition) is 1. The molecular weight excluding hydrogens is 392 g/mol. The number of nitrogens with zero attached hydrogens (tertiary/aromatic N) is 3. The van der Waals surface area contributed by atoms with E-state index in [2.05, 4.69) is 15.5 Å². The highest BCUT2D eigenvalue weighted by Crippen LogP contribution is 2.27. The second kappa shape index (κ2) is 8.23. The number of ketones is 1. The first-order valence-corrected chi connectivity index (χ1v) is 10.7. The van der Waals surface area contributed by atoms with Gasteiger partial charge in [-0.3, -0.25) is 14.5 Å². The Balaban J connectivity index is 1.66. The number of rotatable bonds is 4. The average molecular weight is 421 g/mol. The van der Waals surface area contributed by atoms with Crippen LogP contribution in [0.1, 0.15) is 53.7 Å². The third kappa shape index (κ3) is 3.97. The lowest BCUT2D eigenvalue weighted by Gasteiger charge is -2.35. The van der Waals surface area contributed by atoms with E-state index in [0.717, 1.165) is 37.1 Å². The molecule has 7 nitrogen and oxygen atoms in total. The van der Waals surface area contributed by atoms with Crippen LogP contribution in [0, 0.1) is 13.8 Å². The van der Waals surface area contributed by atoms with Crippen LogP contribution in [-0.4, -0.2) is 47.1 Å². The Hall–Kier alpha value is -3.06. The minimum atomic E-state index is -0.955. The van der Waals surface area contributed by atoms with E-state index >= 15 is 0 Å². The first-order chi connectivity index (χ1) is 14.8. The summed E-state index contributed by atoms with van der Waals surface area (Å²) in [6, 6.07) is 8.98. The first-order valence-electron chi connectivity index (χ1n) is 10.7. The molecule has 1 unspecified atom stereocenters. The van der Waals surface area contributed by atoms with E-state index in [-0.39, 0.29) is 23.4 Å². The summed E-state index contributed by atoms with van der Waals surface area (Å²) in [5.74, 6) is 0.437. The van der Waals surface area contributed by atoms with Crippen LogP contribution in [0.25, 0.3) is 0 Å². The lowest BCUT2D eigenvalue weighted by molar-refractivity contribution is -0.128. The number of piperidine rings is 1. The van der Waals surface area contributed by atoms with Crippen LogP contribution in [0.2, 0.25) is 0 Å². The van der Waals surface area contributed by atoms with Gasteiger partial charge < -0.3 is 10.2 Å². The first kappa shape index (κ1) is 21.2. The molecule has 1 amide bonds. The van der Waals surface area contributed by atoms with Crippen molar-refractivity contribution in [1.29, 1.82) is 0 Å². The fourth-order valence-electron chi connectivity index (χ4n) is 3.97. The number of benzene rings is 1. The highest BCUT2D eigenvalue weighted by atomic mass is 16.7. The van der Waals surface area contributed by atoms with E-state index in [1.807, 2.05) is 24.8 Å². The highest BCUT2D eigenvalue weighted by Gasteiger charge is 2.40. The fraction of sp³-hybridized carbons (Fsp3) is 0.417. The average Bonchev–Trinajstić information content (AvgIpc) is 3.05. The van der Waals surface area contributed by atoms with Gasteiger partial charge in [0.05, 0.1) is 6.04 Å². The molecular formula is C24H28N4O3. The molecule has 1 fully saturated rings. The van der Waals surface area contributed by atoms with Crippen LogP contribution in [0.5, 0.6) is 0 Å². The zero-order valence-corrected chi connectivity index (χ0v) is 18.4. The molecule has 0 radical (unpaired) electrons. The number of amides is 1. The Morgan fingerprint density at radius 2 is 1.94 bits per heavy atom. The molecule has 4 rings (SSSR count). The second-order valence-corrected chi connectivity index (χ2v) is 8.70. The Bertz CT molecular complexity index is 1040. The van der Waals surface area contributed by atoms with Gasteiger partial charge in [0, 0.05) is 23.9 Å². The Morgan fingerprint density at radius 3 is 2.55 bits per heavy atom. The SMILES string of the molecule is Cc1ccnc(N(C(=O)c2ccc(C3=NOC(C)(C)C3=O)cc2)C2CCCNC2)c1C. The number of aromatic nitrogens is 1. The number of carbonyl (C=O) groups is 2. The number of carbonyl (C=O) groups excluding carboxylic acids is 2. The molecule has 1 aromatic heterocycles. The smallest absolute Gasteiger partial charge is 0.259 e. The van der Waals surface area contributed by atoms with Crippen molar-refractivity contribution in [3.63, 3.8) is 0 Å². The molecule has 1 N–H and O–H groups in total. The van der Waals surface area contributed by atoms with Gasteiger partial charge in [0.1, 0.15) is 5.82 Å². The molecule has 31 heavy (non-hydrogen) atoms. The molecule has 7 heteroatoms. The van der Waals surface area contributed by atoms with E-state index in [0.29, 0.717) is 16.9 Å². The summed E-state index contributed by atoms with van der Waals surface area (Å²) in [4.78, 5) is 37.8. The Morgan fingerprint density at radius 1 is 1.19 bits per heavy atom. The molecule has 0 saturated carbocycles. The summed E-state index contributed by atoms with van der Waals surface area (Å²) in [5.41, 5.74) is 2.62. The van der Waals surface area contributed by atoms with Gasteiger partial charge in [-0.05, 0) is 76.4 Å². The quantitative estimate of drug-likeness (QED) is 0.821. The third-order valence-electron chi connectivity index (χ3n) is 6.06. The summed E-state index contributed by atoms with van der Waals surface area (Å²) in [6.07, 6.45) is 3.68. The van der Waals surface area contributed by atoms with Crippen LogP contribution in [0.4, 0.5) is 5.82 Å². The van der Waals surface area contributed by atoms with E-state index in [4.69, 9.17) is 4.84 Å². The summed E-state index contributed by atoms with van der Waals surface area (Å²) in [5, 5.41) is 7.34. The monoisotopic (exact) mass is 420 g/mol. The van der Waals surface area contributed by atoms with Crippen LogP contribution in [0.15, 0.2) is 41.7 Å². The van der Waals surface area contributed by atoms with Crippen LogP contribution in [0.3, 0.4) is 0 Å². The molecule has 1 saturated heterocycles. The topological polar surface area (TPSA) is 83.9 Å². The summed E-state index contributed by atoms with van der Waals surface area (Å²) < 4.78 is 0. The number of aryl methyl sites for hydroxylation is 1. The molecule has 1 aromatic carbocycles. The summed E-state index contributed by atoms with van der Waals surface area (Å²) in [6.45, 7) is 9.11. The van der Waals surface area contributed by atoms with Crippen LogP contribution in [-0.2, 0) is 9.63 Å². The van der Waals surface area contributed by atoms with Crippen molar-refractivity contribution < 1.29 is 14.4 Å². The third-order valence-corrected chi connectivity index (χ3v) is 6.06. The molecule has 0 aliphatic carbocycles. The predicted molar refractivity (Wildman–Crippen MR) is 120 cm³/mol. The van der Waals surface area contributed by atoms with Gasteiger partial charge in [-0.1, -0.05) is 17.3 Å². The van der Waals surface area contributed by atoms with Crippen LogP contribution >= 0.6 is 0 Å². The van der Waals surface area contributed by atoms with Gasteiger partial charge in [-0.25, -0.2) is 4.98 Å². The van der Waals surface area contributed by atoms with Crippen molar-refractivity contribution in [1.82, 2.24) is 10.3 Å². The molecule has 1 atom stereocenters. The molecule has 3 heterocycles.